The molecule has 108 valence electrons. The van der Waals surface area contributed by atoms with Gasteiger partial charge in [-0.1, -0.05) is 61.5 Å². The largest absolute Gasteiger partial charge is 0.481 e. The predicted molar refractivity (Wildman–Crippen MR) is 90.8 cm³/mol. The van der Waals surface area contributed by atoms with Crippen LogP contribution in [0.15, 0.2) is 54.6 Å². The van der Waals surface area contributed by atoms with Gasteiger partial charge in [-0.15, -0.1) is 0 Å². The maximum atomic E-state index is 11.6. The lowest BCUT2D eigenvalue weighted by Crippen LogP contribution is -2.11. The first-order valence-electron chi connectivity index (χ1n) is 7.60. The molecule has 22 heavy (non-hydrogen) atoms. The van der Waals surface area contributed by atoms with Crippen LogP contribution in [0.2, 0.25) is 0 Å². The summed E-state index contributed by atoms with van der Waals surface area (Å²) in [6.45, 7) is 1.93. The molecule has 0 heterocycles. The fraction of sp³-hybridized carbons (Fsp3) is 0.150. The second-order valence-corrected chi connectivity index (χ2v) is 5.81. The fourth-order valence-corrected chi connectivity index (χ4v) is 3.59. The first-order chi connectivity index (χ1) is 10.7. The molecule has 4 aromatic carbocycles. The molecule has 0 spiro atoms. The molecule has 0 fully saturated rings. The number of carbonyl (C=O) groups is 1. The Labute approximate surface area is 128 Å². The number of rotatable bonds is 3. The standard InChI is InChI=1S/C20H16O2/c1-2-15(20(21)22)16-10-8-14-7-6-12-4-3-5-13-9-11-17(16)19(14)18(12)13/h3-11,15H,2H2,1H3,(H,21,22). The third-order valence-electron chi connectivity index (χ3n) is 4.64. The third-order valence-corrected chi connectivity index (χ3v) is 4.64. The van der Waals surface area contributed by atoms with E-state index < -0.39 is 11.9 Å². The highest BCUT2D eigenvalue weighted by Gasteiger charge is 2.21. The second-order valence-electron chi connectivity index (χ2n) is 5.81. The van der Waals surface area contributed by atoms with E-state index in [4.69, 9.17) is 0 Å². The molecule has 0 aromatic heterocycles. The molecule has 4 aromatic rings. The van der Waals surface area contributed by atoms with Crippen LogP contribution in [0, 0.1) is 0 Å². The molecule has 0 bridgehead atoms. The molecule has 0 saturated carbocycles. The number of benzene rings is 4. The number of hydrogen-bond donors (Lipinski definition) is 1. The van der Waals surface area contributed by atoms with Crippen molar-refractivity contribution in [2.75, 3.05) is 0 Å². The van der Waals surface area contributed by atoms with Gasteiger partial charge in [0.1, 0.15) is 0 Å². The summed E-state index contributed by atoms with van der Waals surface area (Å²) in [6.07, 6.45) is 0.597. The average Bonchev–Trinajstić information content (AvgIpc) is 2.54. The molecule has 1 N–H and O–H groups in total. The van der Waals surface area contributed by atoms with Crippen LogP contribution in [-0.2, 0) is 4.79 Å². The van der Waals surface area contributed by atoms with Crippen molar-refractivity contribution in [3.63, 3.8) is 0 Å². The highest BCUT2D eigenvalue weighted by Crippen LogP contribution is 2.38. The zero-order valence-electron chi connectivity index (χ0n) is 12.3. The van der Waals surface area contributed by atoms with Crippen LogP contribution in [0.3, 0.4) is 0 Å². The van der Waals surface area contributed by atoms with E-state index in [-0.39, 0.29) is 0 Å². The molecule has 0 amide bonds. The van der Waals surface area contributed by atoms with Crippen LogP contribution in [0.4, 0.5) is 0 Å². The van der Waals surface area contributed by atoms with Gasteiger partial charge in [0.05, 0.1) is 5.92 Å². The predicted octanol–water partition coefficient (Wildman–Crippen LogP) is 5.16. The Morgan fingerprint density at radius 3 is 2.14 bits per heavy atom. The van der Waals surface area contributed by atoms with E-state index in [9.17, 15) is 9.90 Å². The van der Waals surface area contributed by atoms with E-state index in [1.807, 2.05) is 13.0 Å². The zero-order chi connectivity index (χ0) is 15.3. The quantitative estimate of drug-likeness (QED) is 0.528. The summed E-state index contributed by atoms with van der Waals surface area (Å²) in [5, 5.41) is 16.6. The number of carboxylic acids is 1. The van der Waals surface area contributed by atoms with E-state index in [0.717, 1.165) is 10.9 Å². The van der Waals surface area contributed by atoms with Crippen molar-refractivity contribution < 1.29 is 9.90 Å². The lowest BCUT2D eigenvalue weighted by Gasteiger charge is -2.17. The van der Waals surface area contributed by atoms with Crippen LogP contribution in [0.25, 0.3) is 32.3 Å². The van der Waals surface area contributed by atoms with Gasteiger partial charge in [-0.2, -0.15) is 0 Å². The molecule has 0 aliphatic heterocycles. The van der Waals surface area contributed by atoms with E-state index in [1.165, 1.54) is 26.9 Å². The Kier molecular flexibility index (Phi) is 2.80. The lowest BCUT2D eigenvalue weighted by atomic mass is 9.87. The first-order valence-corrected chi connectivity index (χ1v) is 7.60. The van der Waals surface area contributed by atoms with Gasteiger partial charge >= 0.3 is 5.97 Å². The van der Waals surface area contributed by atoms with Gasteiger partial charge in [0.15, 0.2) is 0 Å². The smallest absolute Gasteiger partial charge is 0.310 e. The summed E-state index contributed by atoms with van der Waals surface area (Å²) in [6, 6.07) is 18.7. The number of hydrogen-bond acceptors (Lipinski definition) is 1. The lowest BCUT2D eigenvalue weighted by molar-refractivity contribution is -0.138. The normalized spacial score (nSPS) is 13.1. The Morgan fingerprint density at radius 1 is 0.909 bits per heavy atom. The van der Waals surface area contributed by atoms with E-state index in [0.29, 0.717) is 6.42 Å². The Hall–Kier alpha value is -2.61. The van der Waals surface area contributed by atoms with Gasteiger partial charge in [-0.3, -0.25) is 4.79 Å². The van der Waals surface area contributed by atoms with Gasteiger partial charge in [0, 0.05) is 0 Å². The summed E-state index contributed by atoms with van der Waals surface area (Å²) >= 11 is 0. The maximum absolute atomic E-state index is 11.6. The van der Waals surface area contributed by atoms with Crippen molar-refractivity contribution in [3.05, 3.63) is 60.2 Å². The van der Waals surface area contributed by atoms with Gasteiger partial charge in [0.2, 0.25) is 0 Å². The van der Waals surface area contributed by atoms with Crippen molar-refractivity contribution in [3.8, 4) is 0 Å². The summed E-state index contributed by atoms with van der Waals surface area (Å²) in [5.41, 5.74) is 0.917. The van der Waals surface area contributed by atoms with Gasteiger partial charge in [-0.05, 0) is 44.3 Å². The van der Waals surface area contributed by atoms with Crippen molar-refractivity contribution in [1.82, 2.24) is 0 Å². The Morgan fingerprint density at radius 2 is 1.50 bits per heavy atom. The minimum atomic E-state index is -0.752. The van der Waals surface area contributed by atoms with E-state index in [2.05, 4.69) is 48.5 Å². The molecule has 2 heteroatoms. The summed E-state index contributed by atoms with van der Waals surface area (Å²) in [4.78, 5) is 11.6. The second kappa shape index (κ2) is 4.70. The first kappa shape index (κ1) is 13.1. The topological polar surface area (TPSA) is 37.3 Å². The van der Waals surface area contributed by atoms with Crippen LogP contribution >= 0.6 is 0 Å². The maximum Gasteiger partial charge on any atom is 0.310 e. The van der Waals surface area contributed by atoms with Gasteiger partial charge < -0.3 is 5.11 Å². The molecule has 0 aliphatic rings. The molecule has 1 atom stereocenters. The molecular weight excluding hydrogens is 272 g/mol. The highest BCUT2D eigenvalue weighted by atomic mass is 16.4. The number of aliphatic carboxylic acids is 1. The zero-order valence-corrected chi connectivity index (χ0v) is 12.3. The summed E-state index contributed by atoms with van der Waals surface area (Å²) in [7, 11) is 0. The molecule has 4 rings (SSSR count). The van der Waals surface area contributed by atoms with Crippen molar-refractivity contribution >= 4 is 38.3 Å². The average molecular weight is 288 g/mol. The summed E-state index contributed by atoms with van der Waals surface area (Å²) in [5.74, 6) is -1.21. The van der Waals surface area contributed by atoms with Gasteiger partial charge in [0.25, 0.3) is 0 Å². The van der Waals surface area contributed by atoms with Gasteiger partial charge in [-0.25, -0.2) is 0 Å². The molecule has 2 nitrogen and oxygen atoms in total. The minimum absolute atomic E-state index is 0.454. The Bertz CT molecular complexity index is 985. The third kappa shape index (κ3) is 1.70. The molecule has 0 radical (unpaired) electrons. The van der Waals surface area contributed by atoms with E-state index >= 15 is 0 Å². The summed E-state index contributed by atoms with van der Waals surface area (Å²) < 4.78 is 0. The fourth-order valence-electron chi connectivity index (χ4n) is 3.59. The molecule has 0 saturated heterocycles. The minimum Gasteiger partial charge on any atom is -0.481 e. The van der Waals surface area contributed by atoms with Crippen LogP contribution < -0.4 is 0 Å². The van der Waals surface area contributed by atoms with Crippen molar-refractivity contribution in [2.24, 2.45) is 0 Å². The van der Waals surface area contributed by atoms with Crippen LogP contribution in [0.5, 0.6) is 0 Å². The van der Waals surface area contributed by atoms with Crippen LogP contribution in [0.1, 0.15) is 24.8 Å². The Balaban J connectivity index is 2.19. The SMILES string of the molecule is CCC(C(=O)O)c1ccc2ccc3cccc4ccc1c2c34. The van der Waals surface area contributed by atoms with E-state index in [1.54, 1.807) is 0 Å². The van der Waals surface area contributed by atoms with Crippen molar-refractivity contribution in [2.45, 2.75) is 19.3 Å². The number of carboxylic acid groups (broad SMARTS) is 1. The van der Waals surface area contributed by atoms with Crippen molar-refractivity contribution in [1.29, 1.82) is 0 Å². The molecular formula is C20H16O2. The monoisotopic (exact) mass is 288 g/mol. The highest BCUT2D eigenvalue weighted by molar-refractivity contribution is 6.23. The molecule has 1 unspecified atom stereocenters. The van der Waals surface area contributed by atoms with Crippen LogP contribution in [-0.4, -0.2) is 11.1 Å². The molecule has 0 aliphatic carbocycles.